The van der Waals surface area contributed by atoms with E-state index in [4.69, 9.17) is 0 Å². The van der Waals surface area contributed by atoms with Gasteiger partial charge in [0, 0.05) is 24.1 Å². The first-order valence-corrected chi connectivity index (χ1v) is 9.32. The van der Waals surface area contributed by atoms with E-state index in [0.717, 1.165) is 6.26 Å². The molecule has 8 nitrogen and oxygen atoms in total. The standard InChI is InChI=1S/C16H17N3O5S/c1-25(23,24)11-12-5-7-13(8-6-12)16(22)18-17-14(20)10-19-9-3-2-4-15(19)21/h2-9H,10-11H2,1H3,(H,17,20)(H,18,22). The van der Waals surface area contributed by atoms with Crippen molar-refractivity contribution in [3.63, 3.8) is 0 Å². The van der Waals surface area contributed by atoms with Crippen molar-refractivity contribution in [1.29, 1.82) is 0 Å². The van der Waals surface area contributed by atoms with Gasteiger partial charge in [-0.05, 0) is 23.8 Å². The molecular formula is C16H17N3O5S. The third-order valence-corrected chi connectivity index (χ3v) is 4.03. The van der Waals surface area contributed by atoms with Gasteiger partial charge in [-0.1, -0.05) is 18.2 Å². The van der Waals surface area contributed by atoms with Gasteiger partial charge in [-0.25, -0.2) is 8.42 Å². The van der Waals surface area contributed by atoms with E-state index in [1.165, 1.54) is 41.1 Å². The summed E-state index contributed by atoms with van der Waals surface area (Å²) in [6.07, 6.45) is 2.59. The van der Waals surface area contributed by atoms with Gasteiger partial charge in [-0.2, -0.15) is 0 Å². The van der Waals surface area contributed by atoms with Crippen LogP contribution in [-0.2, 0) is 26.9 Å². The van der Waals surface area contributed by atoms with Crippen LogP contribution in [0.1, 0.15) is 15.9 Å². The fourth-order valence-corrected chi connectivity index (χ4v) is 2.84. The third kappa shape index (κ3) is 5.88. The molecule has 25 heavy (non-hydrogen) atoms. The Morgan fingerprint density at radius 2 is 1.72 bits per heavy atom. The maximum Gasteiger partial charge on any atom is 0.269 e. The number of hydrogen-bond donors (Lipinski definition) is 2. The minimum atomic E-state index is -3.15. The Bertz CT molecular complexity index is 933. The van der Waals surface area contributed by atoms with Crippen LogP contribution in [-0.4, -0.2) is 31.1 Å². The molecule has 1 aromatic carbocycles. The van der Waals surface area contributed by atoms with Crippen LogP contribution in [0, 0.1) is 0 Å². The maximum atomic E-state index is 12.0. The summed E-state index contributed by atoms with van der Waals surface area (Å²) < 4.78 is 23.6. The quantitative estimate of drug-likeness (QED) is 0.717. The molecule has 0 spiro atoms. The molecule has 0 aliphatic carbocycles. The molecule has 9 heteroatoms. The van der Waals surface area contributed by atoms with Crippen LogP contribution in [0.5, 0.6) is 0 Å². The van der Waals surface area contributed by atoms with Gasteiger partial charge in [-0.15, -0.1) is 0 Å². The van der Waals surface area contributed by atoms with Crippen molar-refractivity contribution >= 4 is 21.7 Å². The van der Waals surface area contributed by atoms with Crippen molar-refractivity contribution in [2.24, 2.45) is 0 Å². The van der Waals surface area contributed by atoms with E-state index in [0.29, 0.717) is 5.56 Å². The van der Waals surface area contributed by atoms with Crippen molar-refractivity contribution < 1.29 is 18.0 Å². The normalized spacial score (nSPS) is 10.9. The van der Waals surface area contributed by atoms with Crippen molar-refractivity contribution in [1.82, 2.24) is 15.4 Å². The van der Waals surface area contributed by atoms with Crippen molar-refractivity contribution in [3.8, 4) is 0 Å². The molecule has 0 fully saturated rings. The number of aromatic nitrogens is 1. The zero-order valence-electron chi connectivity index (χ0n) is 13.4. The molecule has 2 aromatic rings. The van der Waals surface area contributed by atoms with Gasteiger partial charge in [0.15, 0.2) is 9.84 Å². The third-order valence-electron chi connectivity index (χ3n) is 3.17. The highest BCUT2D eigenvalue weighted by molar-refractivity contribution is 7.89. The van der Waals surface area contributed by atoms with Crippen molar-refractivity contribution in [3.05, 3.63) is 70.1 Å². The number of amides is 2. The van der Waals surface area contributed by atoms with Crippen LogP contribution in [0.15, 0.2) is 53.5 Å². The number of sulfone groups is 1. The molecule has 0 radical (unpaired) electrons. The van der Waals surface area contributed by atoms with E-state index < -0.39 is 21.7 Å². The van der Waals surface area contributed by atoms with E-state index in [1.54, 1.807) is 12.1 Å². The number of hydrogen-bond acceptors (Lipinski definition) is 5. The number of nitrogens with one attached hydrogen (secondary N) is 2. The lowest BCUT2D eigenvalue weighted by Crippen LogP contribution is -2.44. The second-order valence-electron chi connectivity index (χ2n) is 5.44. The fraction of sp³-hybridized carbons (Fsp3) is 0.188. The Morgan fingerprint density at radius 3 is 2.32 bits per heavy atom. The molecule has 0 aliphatic rings. The van der Waals surface area contributed by atoms with Gasteiger partial charge >= 0.3 is 0 Å². The van der Waals surface area contributed by atoms with Gasteiger partial charge in [0.25, 0.3) is 17.4 Å². The molecule has 132 valence electrons. The van der Waals surface area contributed by atoms with E-state index in [2.05, 4.69) is 10.9 Å². The first-order valence-electron chi connectivity index (χ1n) is 7.26. The number of rotatable bonds is 5. The molecule has 0 saturated carbocycles. The molecule has 2 amide bonds. The minimum absolute atomic E-state index is 0.114. The Morgan fingerprint density at radius 1 is 1.04 bits per heavy atom. The molecule has 0 bridgehead atoms. The van der Waals surface area contributed by atoms with Gasteiger partial charge in [0.2, 0.25) is 0 Å². The number of carbonyl (C=O) groups excluding carboxylic acids is 2. The van der Waals surface area contributed by atoms with Crippen LogP contribution in [0.25, 0.3) is 0 Å². The summed E-state index contributed by atoms with van der Waals surface area (Å²) in [6.45, 7) is -0.229. The lowest BCUT2D eigenvalue weighted by atomic mass is 10.1. The van der Waals surface area contributed by atoms with Gasteiger partial charge < -0.3 is 4.57 Å². The minimum Gasteiger partial charge on any atom is -0.306 e. The SMILES string of the molecule is CS(=O)(=O)Cc1ccc(C(=O)NNC(=O)Cn2ccccc2=O)cc1. The average molecular weight is 363 g/mol. The molecule has 1 heterocycles. The van der Waals surface area contributed by atoms with Gasteiger partial charge in [0.05, 0.1) is 5.75 Å². The molecule has 2 rings (SSSR count). The lowest BCUT2D eigenvalue weighted by Gasteiger charge is -2.09. The summed E-state index contributed by atoms with van der Waals surface area (Å²) >= 11 is 0. The van der Waals surface area contributed by atoms with Crippen LogP contribution in [0.2, 0.25) is 0 Å². The second-order valence-corrected chi connectivity index (χ2v) is 7.58. The van der Waals surface area contributed by atoms with Crippen LogP contribution in [0.4, 0.5) is 0 Å². The van der Waals surface area contributed by atoms with E-state index in [1.807, 2.05) is 0 Å². The van der Waals surface area contributed by atoms with Crippen LogP contribution >= 0.6 is 0 Å². The monoisotopic (exact) mass is 363 g/mol. The number of nitrogens with zero attached hydrogens (tertiary/aromatic N) is 1. The largest absolute Gasteiger partial charge is 0.306 e. The Balaban J connectivity index is 1.90. The van der Waals surface area contributed by atoms with Gasteiger partial charge in [-0.3, -0.25) is 25.2 Å². The molecular weight excluding hydrogens is 346 g/mol. The molecule has 2 N–H and O–H groups in total. The topological polar surface area (TPSA) is 114 Å². The Hall–Kier alpha value is -2.94. The van der Waals surface area contributed by atoms with Crippen LogP contribution < -0.4 is 16.4 Å². The smallest absolute Gasteiger partial charge is 0.269 e. The van der Waals surface area contributed by atoms with E-state index in [-0.39, 0.29) is 23.4 Å². The molecule has 0 atom stereocenters. The predicted octanol–water partition coefficient (Wildman–Crippen LogP) is -0.146. The average Bonchev–Trinajstić information content (AvgIpc) is 2.54. The van der Waals surface area contributed by atoms with Gasteiger partial charge in [0.1, 0.15) is 6.54 Å². The highest BCUT2D eigenvalue weighted by Crippen LogP contribution is 2.07. The van der Waals surface area contributed by atoms with Crippen molar-refractivity contribution in [2.75, 3.05) is 6.26 Å². The van der Waals surface area contributed by atoms with Crippen LogP contribution in [0.3, 0.4) is 0 Å². The number of pyridine rings is 1. The molecule has 0 unspecified atom stereocenters. The summed E-state index contributed by atoms with van der Waals surface area (Å²) in [7, 11) is -3.15. The first-order chi connectivity index (χ1) is 11.7. The summed E-state index contributed by atoms with van der Waals surface area (Å²) in [5.74, 6) is -1.23. The highest BCUT2D eigenvalue weighted by atomic mass is 32.2. The number of hydrazine groups is 1. The Labute approximate surface area is 144 Å². The first kappa shape index (κ1) is 18.4. The lowest BCUT2D eigenvalue weighted by molar-refractivity contribution is -0.122. The van der Waals surface area contributed by atoms with Crippen molar-refractivity contribution in [2.45, 2.75) is 12.3 Å². The molecule has 1 aromatic heterocycles. The zero-order chi connectivity index (χ0) is 18.4. The number of benzene rings is 1. The summed E-state index contributed by atoms with van der Waals surface area (Å²) in [4.78, 5) is 35.2. The Kier molecular flexibility index (Phi) is 5.71. The van der Waals surface area contributed by atoms with E-state index >= 15 is 0 Å². The predicted molar refractivity (Wildman–Crippen MR) is 91.3 cm³/mol. The number of carbonyl (C=O) groups is 2. The zero-order valence-corrected chi connectivity index (χ0v) is 14.2. The van der Waals surface area contributed by atoms with E-state index in [9.17, 15) is 22.8 Å². The summed E-state index contributed by atoms with van der Waals surface area (Å²) in [6, 6.07) is 10.5. The fourth-order valence-electron chi connectivity index (χ4n) is 2.04. The highest BCUT2D eigenvalue weighted by Gasteiger charge is 2.10. The second kappa shape index (κ2) is 7.75. The molecule has 0 saturated heterocycles. The summed E-state index contributed by atoms with van der Waals surface area (Å²) in [5, 5.41) is 0. The maximum absolute atomic E-state index is 12.0. The molecule has 0 aliphatic heterocycles. The summed E-state index contributed by atoms with van der Waals surface area (Å²) in [5.41, 5.74) is 4.94.